The van der Waals surface area contributed by atoms with Crippen LogP contribution in [-0.2, 0) is 24.4 Å². The SMILES string of the molecule is Cc1cnc(C(=O)N[C@H]2CCCCC/C=C\C3C#C[C@@]3(C(=O)NS(=O)(=O)C3CC3)NC(=O)[C@@H]3C[C@@H](Oc4nc5ccccc5c5ccccc45)CN3C2=O)cn1. The van der Waals surface area contributed by atoms with Gasteiger partial charge in [-0.2, -0.15) is 0 Å². The van der Waals surface area contributed by atoms with Gasteiger partial charge in [-0.3, -0.25) is 24.2 Å². The Bertz CT molecular complexity index is 2440. The van der Waals surface area contributed by atoms with Gasteiger partial charge in [0.1, 0.15) is 23.9 Å². The molecule has 2 fully saturated rings. The van der Waals surface area contributed by atoms with E-state index in [0.29, 0.717) is 42.8 Å². The van der Waals surface area contributed by atoms with E-state index in [-0.39, 0.29) is 25.1 Å². The molecular formula is C41H41N7O7S. The molecule has 3 N–H and O–H groups in total. The summed E-state index contributed by atoms with van der Waals surface area (Å²) in [5.74, 6) is 2.47. The maximum atomic E-state index is 14.7. The number of hydrogen-bond donors (Lipinski definition) is 3. The highest BCUT2D eigenvalue weighted by molar-refractivity contribution is 7.91. The van der Waals surface area contributed by atoms with E-state index in [1.165, 1.54) is 17.3 Å². The number of allylic oxidation sites excluding steroid dienone is 1. The molecule has 15 heteroatoms. The molecule has 56 heavy (non-hydrogen) atoms. The van der Waals surface area contributed by atoms with Crippen LogP contribution < -0.4 is 20.1 Å². The topological polar surface area (TPSA) is 190 Å². The maximum absolute atomic E-state index is 14.7. The zero-order chi connectivity index (χ0) is 39.0. The van der Waals surface area contributed by atoms with Crippen molar-refractivity contribution in [2.24, 2.45) is 5.92 Å². The van der Waals surface area contributed by atoms with Crippen LogP contribution >= 0.6 is 0 Å². The van der Waals surface area contributed by atoms with E-state index in [0.717, 1.165) is 29.0 Å². The normalized spacial score (nSPS) is 25.9. The van der Waals surface area contributed by atoms with Crippen molar-refractivity contribution in [3.8, 4) is 17.7 Å². The monoisotopic (exact) mass is 775 g/mol. The smallest absolute Gasteiger partial charge is 0.273 e. The van der Waals surface area contributed by atoms with Crippen LogP contribution in [0.5, 0.6) is 5.88 Å². The quantitative estimate of drug-likeness (QED) is 0.143. The van der Waals surface area contributed by atoms with Crippen LogP contribution in [-0.4, -0.2) is 87.4 Å². The predicted octanol–water partition coefficient (Wildman–Crippen LogP) is 3.25. The Labute approximate surface area is 323 Å². The van der Waals surface area contributed by atoms with Crippen molar-refractivity contribution in [1.82, 2.24) is 35.2 Å². The Kier molecular flexibility index (Phi) is 9.92. The highest BCUT2D eigenvalue weighted by Gasteiger charge is 2.54. The van der Waals surface area contributed by atoms with Gasteiger partial charge in [0.15, 0.2) is 5.54 Å². The van der Waals surface area contributed by atoms with Gasteiger partial charge < -0.3 is 20.3 Å². The van der Waals surface area contributed by atoms with Crippen molar-refractivity contribution in [3.05, 3.63) is 84.5 Å². The van der Waals surface area contributed by atoms with Crippen LogP contribution in [0.1, 0.15) is 67.5 Å². The molecule has 4 aromatic rings. The summed E-state index contributed by atoms with van der Waals surface area (Å²) < 4.78 is 34.6. The van der Waals surface area contributed by atoms with Gasteiger partial charge in [-0.15, -0.1) is 0 Å². The largest absolute Gasteiger partial charge is 0.472 e. The molecule has 1 unspecified atom stereocenters. The molecule has 0 bridgehead atoms. The average molecular weight is 776 g/mol. The second-order valence-electron chi connectivity index (χ2n) is 14.8. The van der Waals surface area contributed by atoms with Crippen LogP contribution in [0.3, 0.4) is 0 Å². The lowest BCUT2D eigenvalue weighted by molar-refractivity contribution is -0.141. The van der Waals surface area contributed by atoms with E-state index in [9.17, 15) is 27.6 Å². The van der Waals surface area contributed by atoms with Gasteiger partial charge in [0, 0.05) is 23.4 Å². The molecular weight excluding hydrogens is 735 g/mol. The minimum atomic E-state index is -3.98. The van der Waals surface area contributed by atoms with Gasteiger partial charge in [0.05, 0.1) is 35.1 Å². The summed E-state index contributed by atoms with van der Waals surface area (Å²) in [6.07, 6.45) is 9.54. The van der Waals surface area contributed by atoms with E-state index in [2.05, 4.69) is 37.2 Å². The highest BCUT2D eigenvalue weighted by Crippen LogP contribution is 2.35. The second-order valence-corrected chi connectivity index (χ2v) is 16.8. The van der Waals surface area contributed by atoms with E-state index in [1.54, 1.807) is 13.0 Å². The van der Waals surface area contributed by atoms with E-state index in [4.69, 9.17) is 9.72 Å². The third-order valence-electron chi connectivity index (χ3n) is 10.8. The molecule has 4 aliphatic rings. The molecule has 4 amide bonds. The summed E-state index contributed by atoms with van der Waals surface area (Å²) in [5.41, 5.74) is -0.515. The van der Waals surface area contributed by atoms with E-state index in [1.807, 2.05) is 54.6 Å². The fraction of sp³-hybridized carbons (Fsp3) is 0.390. The summed E-state index contributed by atoms with van der Waals surface area (Å²) in [6.45, 7) is 1.71. The van der Waals surface area contributed by atoms with E-state index >= 15 is 0 Å². The summed E-state index contributed by atoms with van der Waals surface area (Å²) >= 11 is 0. The van der Waals surface area contributed by atoms with Gasteiger partial charge in [-0.05, 0) is 56.5 Å². The van der Waals surface area contributed by atoms with Gasteiger partial charge >= 0.3 is 0 Å². The first-order valence-corrected chi connectivity index (χ1v) is 20.5. The molecule has 0 spiro atoms. The number of nitrogens with zero attached hydrogens (tertiary/aromatic N) is 4. The number of aromatic nitrogens is 3. The number of benzene rings is 2. The lowest BCUT2D eigenvalue weighted by atomic mass is 9.75. The number of aryl methyl sites for hydroxylation is 1. The van der Waals surface area contributed by atoms with Crippen LogP contribution in [0.4, 0.5) is 0 Å². The van der Waals surface area contributed by atoms with Crippen molar-refractivity contribution >= 4 is 55.3 Å². The predicted molar refractivity (Wildman–Crippen MR) is 206 cm³/mol. The fourth-order valence-corrected chi connectivity index (χ4v) is 8.86. The molecule has 0 radical (unpaired) electrons. The molecule has 2 aliphatic carbocycles. The number of pyridine rings is 1. The lowest BCUT2D eigenvalue weighted by Crippen LogP contribution is -2.67. The van der Waals surface area contributed by atoms with Crippen LogP contribution in [0.25, 0.3) is 21.7 Å². The number of amides is 4. The fourth-order valence-electron chi connectivity index (χ4n) is 7.52. The third-order valence-corrected chi connectivity index (χ3v) is 12.6. The Balaban J connectivity index is 1.14. The van der Waals surface area contributed by atoms with Crippen LogP contribution in [0.15, 0.2) is 73.1 Å². The molecule has 1 saturated heterocycles. The maximum Gasteiger partial charge on any atom is 0.273 e. The zero-order valence-electron chi connectivity index (χ0n) is 30.7. The number of carbonyl (C=O) groups excluding carboxylic acids is 4. The molecule has 2 aromatic carbocycles. The average Bonchev–Trinajstić information content (AvgIpc) is 3.97. The molecule has 2 aliphatic heterocycles. The van der Waals surface area contributed by atoms with Crippen molar-refractivity contribution in [1.29, 1.82) is 0 Å². The first kappa shape index (κ1) is 37.1. The second kappa shape index (κ2) is 15.0. The minimum absolute atomic E-state index is 0.0104. The molecule has 14 nitrogen and oxygen atoms in total. The Morgan fingerprint density at radius 1 is 0.964 bits per heavy atom. The number of carbonyl (C=O) groups is 4. The standard InChI is InChI=1S/C41H41N7O7S/c1-25-22-43-34(23-42-25)36(49)44-33-16-6-4-2-3-5-11-26-19-20-41(26,40(52)47-56(53,54)28-17-18-28)46-37(50)35-21-27(24-48(35)39(33)51)55-38-31-14-8-7-12-29(31)30-13-9-10-15-32(30)45-38/h5,7-15,22-23,26-28,33,35H,2-4,6,16-18,21,24H2,1H3,(H,44,49)(H,46,50)(H,47,52)/b11-5-/t26?,27-,33+,35+,41-/m1/s1. The lowest BCUT2D eigenvalue weighted by Gasteiger charge is -2.38. The summed E-state index contributed by atoms with van der Waals surface area (Å²) in [7, 11) is -3.98. The summed E-state index contributed by atoms with van der Waals surface area (Å²) in [6, 6.07) is 13.2. The molecule has 5 atom stereocenters. The van der Waals surface area contributed by atoms with Gasteiger partial charge in [-0.25, -0.2) is 23.1 Å². The Morgan fingerprint density at radius 3 is 2.46 bits per heavy atom. The van der Waals surface area contributed by atoms with Crippen molar-refractivity contribution < 1.29 is 32.3 Å². The van der Waals surface area contributed by atoms with E-state index < -0.39 is 68.5 Å². The Hall–Kier alpha value is -5.88. The summed E-state index contributed by atoms with van der Waals surface area (Å²) in [5, 5.41) is 7.57. The number of hydrogen-bond acceptors (Lipinski definition) is 10. The van der Waals surface area contributed by atoms with Gasteiger partial charge in [-0.1, -0.05) is 73.2 Å². The first-order chi connectivity index (χ1) is 27.0. The van der Waals surface area contributed by atoms with Crippen molar-refractivity contribution in [2.45, 2.75) is 87.3 Å². The molecule has 288 valence electrons. The van der Waals surface area contributed by atoms with Crippen LogP contribution in [0.2, 0.25) is 0 Å². The third kappa shape index (κ3) is 7.28. The highest BCUT2D eigenvalue weighted by atomic mass is 32.2. The van der Waals surface area contributed by atoms with Crippen molar-refractivity contribution in [3.63, 3.8) is 0 Å². The molecule has 2 aromatic heterocycles. The number of ether oxygens (including phenoxy) is 1. The number of para-hydroxylation sites is 1. The van der Waals surface area contributed by atoms with Gasteiger partial charge in [0.25, 0.3) is 11.8 Å². The Morgan fingerprint density at radius 2 is 1.73 bits per heavy atom. The van der Waals surface area contributed by atoms with Crippen LogP contribution in [0, 0.1) is 24.7 Å². The number of nitrogens with one attached hydrogen (secondary N) is 3. The van der Waals surface area contributed by atoms with Gasteiger partial charge in [0.2, 0.25) is 27.7 Å². The molecule has 8 rings (SSSR count). The number of sulfonamides is 1. The first-order valence-electron chi connectivity index (χ1n) is 18.9. The molecule has 1 saturated carbocycles. The minimum Gasteiger partial charge on any atom is -0.472 e. The zero-order valence-corrected chi connectivity index (χ0v) is 31.6. The van der Waals surface area contributed by atoms with Crippen molar-refractivity contribution in [2.75, 3.05) is 6.54 Å². The number of rotatable bonds is 7. The number of fused-ring (bicyclic) bond motifs is 5. The summed E-state index contributed by atoms with van der Waals surface area (Å²) in [4.78, 5) is 71.1. The molecule has 4 heterocycles.